The first-order valence-corrected chi connectivity index (χ1v) is 10.8. The van der Waals surface area contributed by atoms with E-state index in [4.69, 9.17) is 15.6 Å². The summed E-state index contributed by atoms with van der Waals surface area (Å²) in [5.41, 5.74) is 9.57. The smallest absolute Gasteiger partial charge is 0.255 e. The van der Waals surface area contributed by atoms with Crippen molar-refractivity contribution in [2.45, 2.75) is 38.8 Å². The van der Waals surface area contributed by atoms with Crippen LogP contribution in [0.25, 0.3) is 11.3 Å². The summed E-state index contributed by atoms with van der Waals surface area (Å²) >= 11 is 0. The van der Waals surface area contributed by atoms with Crippen LogP contribution in [0.1, 0.15) is 53.7 Å². The molecule has 1 heterocycles. The zero-order valence-corrected chi connectivity index (χ0v) is 18.3. The summed E-state index contributed by atoms with van der Waals surface area (Å²) < 4.78 is 7.09. The van der Waals surface area contributed by atoms with Crippen LogP contribution in [0.4, 0.5) is 5.82 Å². The third-order valence-corrected chi connectivity index (χ3v) is 6.10. The number of carbonyl (C=O) groups is 1. The van der Waals surface area contributed by atoms with Gasteiger partial charge in [0.1, 0.15) is 28.9 Å². The number of hydrogen-bond acceptors (Lipinski definition) is 5. The van der Waals surface area contributed by atoms with E-state index in [1.165, 1.54) is 0 Å². The first kappa shape index (κ1) is 21.4. The van der Waals surface area contributed by atoms with Crippen LogP contribution in [0.2, 0.25) is 0 Å². The third kappa shape index (κ3) is 4.17. The maximum atomic E-state index is 12.5. The Morgan fingerprint density at radius 3 is 2.66 bits per heavy atom. The number of nitrogens with zero attached hydrogens (tertiary/aromatic N) is 3. The van der Waals surface area contributed by atoms with Crippen LogP contribution >= 0.6 is 0 Å². The average molecular weight is 430 g/mol. The Labute approximate surface area is 187 Å². The summed E-state index contributed by atoms with van der Waals surface area (Å²) in [7, 11) is 1.54. The van der Waals surface area contributed by atoms with Gasteiger partial charge in [-0.15, -0.1) is 0 Å². The molecule has 7 nitrogen and oxygen atoms in total. The van der Waals surface area contributed by atoms with Crippen LogP contribution in [0.5, 0.6) is 5.75 Å². The molecule has 7 heteroatoms. The number of anilines is 1. The number of benzene rings is 2. The molecule has 0 aliphatic heterocycles. The molecule has 4 rings (SSSR count). The molecule has 2 aromatic carbocycles. The quantitative estimate of drug-likeness (QED) is 0.607. The second-order valence-electron chi connectivity index (χ2n) is 8.32. The fraction of sp³-hybridized carbons (Fsp3) is 0.320. The number of nitrogens with one attached hydrogen (secondary N) is 1. The topological polar surface area (TPSA) is 106 Å². The van der Waals surface area contributed by atoms with Crippen molar-refractivity contribution in [2.24, 2.45) is 5.92 Å². The Bertz CT molecular complexity index is 1160. The van der Waals surface area contributed by atoms with Crippen molar-refractivity contribution in [1.82, 2.24) is 15.1 Å². The molecule has 0 saturated heterocycles. The Morgan fingerprint density at radius 1 is 1.25 bits per heavy atom. The molecule has 0 bridgehead atoms. The molecular weight excluding hydrogens is 402 g/mol. The van der Waals surface area contributed by atoms with Gasteiger partial charge in [0.2, 0.25) is 0 Å². The standard InChI is InChI=1S/C25H27N5O2/c1-16-7-12-19(13-16)30-24(27)21(14-26)23(29-30)18-10-8-17(9-11-18)15-28-25(31)20-5-3-4-6-22(20)32-2/h3-6,8-11,16,19H,7,12-13,15,27H2,1-2H3,(H,28,31). The number of para-hydroxylation sites is 1. The van der Waals surface area contributed by atoms with E-state index < -0.39 is 0 Å². The van der Waals surface area contributed by atoms with Gasteiger partial charge in [-0.2, -0.15) is 10.4 Å². The number of nitrogens with two attached hydrogens (primary N) is 1. The molecule has 1 aliphatic carbocycles. The van der Waals surface area contributed by atoms with Crippen molar-refractivity contribution in [2.75, 3.05) is 12.8 Å². The van der Waals surface area contributed by atoms with Gasteiger partial charge in [-0.1, -0.05) is 43.3 Å². The maximum Gasteiger partial charge on any atom is 0.255 e. The van der Waals surface area contributed by atoms with Gasteiger partial charge in [0, 0.05) is 12.1 Å². The summed E-state index contributed by atoms with van der Waals surface area (Å²) in [6.45, 7) is 2.61. The van der Waals surface area contributed by atoms with Crippen molar-refractivity contribution >= 4 is 11.7 Å². The Kier molecular flexibility index (Phi) is 6.13. The Balaban J connectivity index is 1.49. The molecule has 2 unspecified atom stereocenters. The molecule has 0 spiro atoms. The molecule has 3 aromatic rings. The van der Waals surface area contributed by atoms with Crippen molar-refractivity contribution < 1.29 is 9.53 Å². The summed E-state index contributed by atoms with van der Waals surface area (Å²) in [6, 6.07) is 17.2. The first-order chi connectivity index (χ1) is 15.5. The fourth-order valence-electron chi connectivity index (χ4n) is 4.33. The predicted octanol–water partition coefficient (Wildman–Crippen LogP) is 4.30. The Morgan fingerprint density at radius 2 is 2.00 bits per heavy atom. The van der Waals surface area contributed by atoms with Gasteiger partial charge in [-0.25, -0.2) is 4.68 Å². The van der Waals surface area contributed by atoms with Crippen LogP contribution in [0.3, 0.4) is 0 Å². The fourth-order valence-corrected chi connectivity index (χ4v) is 4.33. The lowest BCUT2D eigenvalue weighted by Crippen LogP contribution is -2.23. The molecule has 1 fully saturated rings. The third-order valence-electron chi connectivity index (χ3n) is 6.10. The zero-order chi connectivity index (χ0) is 22.7. The molecule has 1 amide bonds. The van der Waals surface area contributed by atoms with Gasteiger partial charge in [-0.05, 0) is 42.9 Å². The number of methoxy groups -OCH3 is 1. The minimum absolute atomic E-state index is 0.199. The largest absolute Gasteiger partial charge is 0.496 e. The van der Waals surface area contributed by atoms with Gasteiger partial charge in [0.05, 0.1) is 18.7 Å². The number of amides is 1. The van der Waals surface area contributed by atoms with Gasteiger partial charge in [0.25, 0.3) is 5.91 Å². The van der Waals surface area contributed by atoms with Crippen LogP contribution < -0.4 is 15.8 Å². The summed E-state index contributed by atoms with van der Waals surface area (Å²) in [5, 5.41) is 17.3. The number of aromatic nitrogens is 2. The van der Waals surface area contributed by atoms with E-state index in [9.17, 15) is 10.1 Å². The van der Waals surface area contributed by atoms with E-state index in [2.05, 4.69) is 18.3 Å². The van der Waals surface area contributed by atoms with E-state index in [-0.39, 0.29) is 11.9 Å². The maximum absolute atomic E-state index is 12.5. The Hall–Kier alpha value is -3.79. The molecule has 1 aliphatic rings. The van der Waals surface area contributed by atoms with Gasteiger partial charge in [0.15, 0.2) is 0 Å². The first-order valence-electron chi connectivity index (χ1n) is 10.8. The number of nitriles is 1. The minimum Gasteiger partial charge on any atom is -0.496 e. The molecule has 164 valence electrons. The van der Waals surface area contributed by atoms with E-state index in [0.717, 1.165) is 30.4 Å². The monoisotopic (exact) mass is 429 g/mol. The summed E-state index contributed by atoms with van der Waals surface area (Å²) in [4.78, 5) is 12.5. The molecule has 1 saturated carbocycles. The second kappa shape index (κ2) is 9.15. The normalized spacial score (nSPS) is 17.7. The lowest BCUT2D eigenvalue weighted by atomic mass is 10.1. The number of rotatable bonds is 6. The molecule has 0 radical (unpaired) electrons. The van der Waals surface area contributed by atoms with E-state index in [1.54, 1.807) is 25.3 Å². The molecule has 32 heavy (non-hydrogen) atoms. The lowest BCUT2D eigenvalue weighted by Gasteiger charge is -2.12. The SMILES string of the molecule is COc1ccccc1C(=O)NCc1ccc(-c2nn(C3CCC(C)C3)c(N)c2C#N)cc1. The molecule has 2 atom stereocenters. The zero-order valence-electron chi connectivity index (χ0n) is 18.3. The van der Waals surface area contributed by atoms with Gasteiger partial charge < -0.3 is 15.8 Å². The van der Waals surface area contributed by atoms with Gasteiger partial charge >= 0.3 is 0 Å². The average Bonchev–Trinajstić information content (AvgIpc) is 3.40. The molecule has 1 aromatic heterocycles. The highest BCUT2D eigenvalue weighted by atomic mass is 16.5. The highest BCUT2D eigenvalue weighted by Crippen LogP contribution is 2.38. The summed E-state index contributed by atoms with van der Waals surface area (Å²) in [5.74, 6) is 1.42. The van der Waals surface area contributed by atoms with Crippen LogP contribution in [-0.4, -0.2) is 22.8 Å². The number of nitrogen functional groups attached to an aromatic ring is 1. The van der Waals surface area contributed by atoms with Crippen LogP contribution in [0.15, 0.2) is 48.5 Å². The number of carbonyl (C=O) groups excluding carboxylic acids is 1. The van der Waals surface area contributed by atoms with Crippen molar-refractivity contribution in [1.29, 1.82) is 5.26 Å². The van der Waals surface area contributed by atoms with Gasteiger partial charge in [-0.3, -0.25) is 4.79 Å². The molecule has 3 N–H and O–H groups in total. The minimum atomic E-state index is -0.199. The highest BCUT2D eigenvalue weighted by molar-refractivity contribution is 5.96. The van der Waals surface area contributed by atoms with Crippen LogP contribution in [-0.2, 0) is 6.54 Å². The molecular formula is C25H27N5O2. The second-order valence-corrected chi connectivity index (χ2v) is 8.32. The van der Waals surface area contributed by atoms with Crippen molar-refractivity contribution in [3.63, 3.8) is 0 Å². The van der Waals surface area contributed by atoms with E-state index in [1.807, 2.05) is 35.0 Å². The predicted molar refractivity (Wildman–Crippen MR) is 123 cm³/mol. The van der Waals surface area contributed by atoms with Crippen molar-refractivity contribution in [3.8, 4) is 23.1 Å². The van der Waals surface area contributed by atoms with Crippen LogP contribution in [0, 0.1) is 17.2 Å². The lowest BCUT2D eigenvalue weighted by molar-refractivity contribution is 0.0948. The summed E-state index contributed by atoms with van der Waals surface area (Å²) in [6.07, 6.45) is 3.21. The number of ether oxygens (including phenoxy) is 1. The van der Waals surface area contributed by atoms with E-state index in [0.29, 0.717) is 40.9 Å². The number of hydrogen-bond donors (Lipinski definition) is 2. The van der Waals surface area contributed by atoms with Crippen molar-refractivity contribution in [3.05, 3.63) is 65.2 Å². The highest BCUT2D eigenvalue weighted by Gasteiger charge is 2.28. The van der Waals surface area contributed by atoms with E-state index >= 15 is 0 Å².